The van der Waals surface area contributed by atoms with Crippen LogP contribution in [0.15, 0.2) is 18.2 Å². The van der Waals surface area contributed by atoms with Crippen LogP contribution in [0.1, 0.15) is 75.1 Å². The third-order valence-electron chi connectivity index (χ3n) is 6.00. The van der Waals surface area contributed by atoms with Gasteiger partial charge in [-0.3, -0.25) is 14.9 Å². The van der Waals surface area contributed by atoms with Gasteiger partial charge in [-0.05, 0) is 43.7 Å². The van der Waals surface area contributed by atoms with Crippen molar-refractivity contribution in [1.29, 1.82) is 0 Å². The molecule has 1 N–H and O–H groups in total. The van der Waals surface area contributed by atoms with Crippen molar-refractivity contribution in [2.75, 3.05) is 18.0 Å². The van der Waals surface area contributed by atoms with Crippen LogP contribution in [0.3, 0.4) is 0 Å². The van der Waals surface area contributed by atoms with E-state index in [0.29, 0.717) is 17.2 Å². The molecule has 1 heterocycles. The molecular formula is C21H31N3O3. The lowest BCUT2D eigenvalue weighted by Crippen LogP contribution is -2.35. The minimum atomic E-state index is -0.361. The molecule has 0 unspecified atom stereocenters. The Labute approximate surface area is 161 Å². The molecule has 6 heteroatoms. The lowest BCUT2D eigenvalue weighted by atomic mass is 9.96. The summed E-state index contributed by atoms with van der Waals surface area (Å²) in [6, 6.07) is 5.12. The van der Waals surface area contributed by atoms with Gasteiger partial charge < -0.3 is 10.2 Å². The molecule has 27 heavy (non-hydrogen) atoms. The molecule has 0 atom stereocenters. The Morgan fingerprint density at radius 1 is 1.07 bits per heavy atom. The van der Waals surface area contributed by atoms with Crippen molar-refractivity contribution in [3.63, 3.8) is 0 Å². The van der Waals surface area contributed by atoms with Crippen LogP contribution >= 0.6 is 0 Å². The minimum Gasteiger partial charge on any atom is -0.366 e. The normalized spacial score (nSPS) is 20.0. The van der Waals surface area contributed by atoms with Gasteiger partial charge in [-0.1, -0.05) is 39.0 Å². The minimum absolute atomic E-state index is 0.0369. The number of amides is 1. The zero-order valence-electron chi connectivity index (χ0n) is 16.3. The summed E-state index contributed by atoms with van der Waals surface area (Å²) < 4.78 is 0. The van der Waals surface area contributed by atoms with Crippen LogP contribution < -0.4 is 10.2 Å². The molecule has 1 aliphatic heterocycles. The van der Waals surface area contributed by atoms with E-state index < -0.39 is 0 Å². The number of nitrogens with zero attached hydrogens (tertiary/aromatic N) is 2. The van der Waals surface area contributed by atoms with E-state index in [-0.39, 0.29) is 22.6 Å². The van der Waals surface area contributed by atoms with Gasteiger partial charge in [-0.25, -0.2) is 0 Å². The molecule has 1 aliphatic carbocycles. The predicted molar refractivity (Wildman–Crippen MR) is 107 cm³/mol. The lowest BCUT2D eigenvalue weighted by Gasteiger charge is -2.31. The molecule has 6 nitrogen and oxygen atoms in total. The molecule has 1 saturated heterocycles. The van der Waals surface area contributed by atoms with Gasteiger partial charge in [0.25, 0.3) is 11.6 Å². The maximum Gasteiger partial charge on any atom is 0.293 e. The summed E-state index contributed by atoms with van der Waals surface area (Å²) in [5.74, 6) is 0.469. The van der Waals surface area contributed by atoms with E-state index >= 15 is 0 Å². The standard InChI is InChI=1S/C21H31N3O3/c1-16-11-13-23(14-12-16)19-10-9-17(15-20(19)24(26)27)21(25)22-18-7-5-3-2-4-6-8-18/h9-10,15-16,18H,2-8,11-14H2,1H3,(H,22,25). The van der Waals surface area contributed by atoms with Crippen LogP contribution in [-0.4, -0.2) is 30.0 Å². The highest BCUT2D eigenvalue weighted by Gasteiger charge is 2.25. The lowest BCUT2D eigenvalue weighted by molar-refractivity contribution is -0.384. The second-order valence-electron chi connectivity index (χ2n) is 8.15. The average Bonchev–Trinajstić information content (AvgIpc) is 2.64. The predicted octanol–water partition coefficient (Wildman–Crippen LogP) is 4.67. The molecular weight excluding hydrogens is 342 g/mol. The van der Waals surface area contributed by atoms with E-state index in [9.17, 15) is 14.9 Å². The summed E-state index contributed by atoms with van der Waals surface area (Å²) in [5.41, 5.74) is 1.06. The van der Waals surface area contributed by atoms with Gasteiger partial charge in [0.2, 0.25) is 0 Å². The summed E-state index contributed by atoms with van der Waals surface area (Å²) in [6.07, 6.45) is 10.1. The molecule has 0 radical (unpaired) electrons. The number of benzene rings is 1. The summed E-state index contributed by atoms with van der Waals surface area (Å²) in [7, 11) is 0. The van der Waals surface area contributed by atoms with Crippen molar-refractivity contribution in [3.05, 3.63) is 33.9 Å². The summed E-state index contributed by atoms with van der Waals surface area (Å²) in [4.78, 5) is 26.0. The van der Waals surface area contributed by atoms with Gasteiger partial charge in [0, 0.05) is 30.8 Å². The average molecular weight is 373 g/mol. The number of carbonyl (C=O) groups is 1. The maximum atomic E-state index is 12.7. The van der Waals surface area contributed by atoms with Crippen molar-refractivity contribution in [3.8, 4) is 0 Å². The molecule has 148 valence electrons. The fourth-order valence-electron chi connectivity index (χ4n) is 4.20. The van der Waals surface area contributed by atoms with Gasteiger partial charge in [-0.2, -0.15) is 0 Å². The first-order chi connectivity index (χ1) is 13.0. The van der Waals surface area contributed by atoms with Crippen LogP contribution in [0, 0.1) is 16.0 Å². The highest BCUT2D eigenvalue weighted by Crippen LogP contribution is 2.32. The number of nitro groups is 1. The summed E-state index contributed by atoms with van der Waals surface area (Å²) in [5, 5.41) is 14.7. The molecule has 1 aromatic carbocycles. The fraction of sp³-hybridized carbons (Fsp3) is 0.667. The van der Waals surface area contributed by atoms with E-state index in [2.05, 4.69) is 17.1 Å². The van der Waals surface area contributed by atoms with Crippen molar-refractivity contribution >= 4 is 17.3 Å². The first-order valence-corrected chi connectivity index (χ1v) is 10.4. The number of nitrogens with one attached hydrogen (secondary N) is 1. The molecule has 0 spiro atoms. The second kappa shape index (κ2) is 9.20. The SMILES string of the molecule is CC1CCN(c2ccc(C(=O)NC3CCCCCCC3)cc2[N+](=O)[O-])CC1. The van der Waals surface area contributed by atoms with Crippen molar-refractivity contribution in [1.82, 2.24) is 5.32 Å². The molecule has 0 bridgehead atoms. The van der Waals surface area contributed by atoms with Gasteiger partial charge in [0.1, 0.15) is 5.69 Å². The Kier molecular flexibility index (Phi) is 6.69. The smallest absolute Gasteiger partial charge is 0.293 e. The number of carbonyl (C=O) groups excluding carboxylic acids is 1. The van der Waals surface area contributed by atoms with Crippen LogP contribution in [-0.2, 0) is 0 Å². The Morgan fingerprint density at radius 3 is 2.33 bits per heavy atom. The molecule has 0 aromatic heterocycles. The molecule has 1 amide bonds. The van der Waals surface area contributed by atoms with E-state index in [0.717, 1.165) is 51.6 Å². The van der Waals surface area contributed by atoms with Gasteiger partial charge in [0.15, 0.2) is 0 Å². The Bertz CT molecular complexity index is 661. The van der Waals surface area contributed by atoms with Crippen molar-refractivity contribution in [2.45, 2.75) is 70.8 Å². The number of anilines is 1. The van der Waals surface area contributed by atoms with E-state index in [1.165, 1.54) is 25.3 Å². The monoisotopic (exact) mass is 373 g/mol. The Balaban J connectivity index is 1.72. The highest BCUT2D eigenvalue weighted by molar-refractivity contribution is 5.96. The first kappa shape index (κ1) is 19.6. The highest BCUT2D eigenvalue weighted by atomic mass is 16.6. The topological polar surface area (TPSA) is 75.5 Å². The van der Waals surface area contributed by atoms with Crippen LogP contribution in [0.5, 0.6) is 0 Å². The van der Waals surface area contributed by atoms with Crippen molar-refractivity contribution < 1.29 is 9.72 Å². The molecule has 1 saturated carbocycles. The molecule has 1 aromatic rings. The van der Waals surface area contributed by atoms with Gasteiger partial charge in [0.05, 0.1) is 4.92 Å². The Hall–Kier alpha value is -2.11. The van der Waals surface area contributed by atoms with E-state index in [1.807, 2.05) is 0 Å². The van der Waals surface area contributed by atoms with Crippen LogP contribution in [0.4, 0.5) is 11.4 Å². The number of rotatable bonds is 4. The fourth-order valence-corrected chi connectivity index (χ4v) is 4.20. The number of hydrogen-bond donors (Lipinski definition) is 1. The largest absolute Gasteiger partial charge is 0.366 e. The zero-order valence-corrected chi connectivity index (χ0v) is 16.3. The number of piperidine rings is 1. The summed E-state index contributed by atoms with van der Waals surface area (Å²) in [6.45, 7) is 3.87. The zero-order chi connectivity index (χ0) is 19.2. The number of nitro benzene ring substituents is 1. The third-order valence-corrected chi connectivity index (χ3v) is 6.00. The van der Waals surface area contributed by atoms with E-state index in [4.69, 9.17) is 0 Å². The molecule has 3 rings (SSSR count). The Morgan fingerprint density at radius 2 is 1.70 bits per heavy atom. The third kappa shape index (κ3) is 5.21. The number of hydrogen-bond acceptors (Lipinski definition) is 4. The van der Waals surface area contributed by atoms with Crippen LogP contribution in [0.2, 0.25) is 0 Å². The van der Waals surface area contributed by atoms with Gasteiger partial charge in [-0.15, -0.1) is 0 Å². The first-order valence-electron chi connectivity index (χ1n) is 10.4. The van der Waals surface area contributed by atoms with Crippen molar-refractivity contribution in [2.24, 2.45) is 5.92 Å². The summed E-state index contributed by atoms with van der Waals surface area (Å²) >= 11 is 0. The second-order valence-corrected chi connectivity index (χ2v) is 8.15. The quantitative estimate of drug-likeness (QED) is 0.614. The maximum absolute atomic E-state index is 12.7. The van der Waals surface area contributed by atoms with Gasteiger partial charge >= 0.3 is 0 Å². The van der Waals surface area contributed by atoms with E-state index in [1.54, 1.807) is 12.1 Å². The van der Waals surface area contributed by atoms with Crippen LogP contribution in [0.25, 0.3) is 0 Å². The molecule has 2 fully saturated rings. The molecule has 2 aliphatic rings.